The van der Waals surface area contributed by atoms with Crippen molar-refractivity contribution in [1.82, 2.24) is 5.32 Å². The third kappa shape index (κ3) is 4.61. The van der Waals surface area contributed by atoms with Crippen LogP contribution < -0.4 is 5.32 Å². The maximum absolute atomic E-state index is 12.3. The van der Waals surface area contributed by atoms with Crippen LogP contribution in [0.2, 0.25) is 10.0 Å². The first-order valence-corrected chi connectivity index (χ1v) is 9.13. The van der Waals surface area contributed by atoms with Gasteiger partial charge in [-0.1, -0.05) is 65.0 Å². The summed E-state index contributed by atoms with van der Waals surface area (Å²) < 4.78 is 0. The molecule has 0 heterocycles. The van der Waals surface area contributed by atoms with Gasteiger partial charge in [0.15, 0.2) is 0 Å². The zero-order valence-electron chi connectivity index (χ0n) is 12.1. The molecule has 1 aliphatic carbocycles. The zero-order valence-corrected chi connectivity index (χ0v) is 15.2. The molecule has 2 rings (SSSR count). The molecular weight excluding hydrogens is 373 g/mol. The molecule has 21 heavy (non-hydrogen) atoms. The second-order valence-corrected chi connectivity index (χ2v) is 7.46. The summed E-state index contributed by atoms with van der Waals surface area (Å²) in [5.41, 5.74) is 0.779. The molecule has 0 aliphatic heterocycles. The Bertz CT molecular complexity index is 523. The van der Waals surface area contributed by atoms with Crippen LogP contribution in [0.4, 0.5) is 0 Å². The lowest BCUT2D eigenvalue weighted by Crippen LogP contribution is -2.53. The summed E-state index contributed by atoms with van der Waals surface area (Å²) in [5.74, 6) is 0.698. The molecule has 116 valence electrons. The van der Waals surface area contributed by atoms with Gasteiger partial charge in [0.1, 0.15) is 0 Å². The van der Waals surface area contributed by atoms with Crippen LogP contribution in [0, 0.1) is 5.92 Å². The molecule has 1 aromatic carbocycles. The minimum absolute atomic E-state index is 0.0435. The Morgan fingerprint density at radius 2 is 2.19 bits per heavy atom. The van der Waals surface area contributed by atoms with Crippen LogP contribution in [0.1, 0.15) is 38.2 Å². The van der Waals surface area contributed by atoms with E-state index in [0.717, 1.165) is 23.7 Å². The van der Waals surface area contributed by atoms with Crippen LogP contribution >= 0.6 is 39.1 Å². The topological polar surface area (TPSA) is 29.1 Å². The number of rotatable bonds is 4. The predicted molar refractivity (Wildman–Crippen MR) is 92.5 cm³/mol. The van der Waals surface area contributed by atoms with Crippen molar-refractivity contribution in [2.24, 2.45) is 5.92 Å². The number of carbonyl (C=O) groups excluding carboxylic acids is 1. The lowest BCUT2D eigenvalue weighted by Gasteiger charge is -2.39. The van der Waals surface area contributed by atoms with E-state index >= 15 is 0 Å². The maximum Gasteiger partial charge on any atom is 0.224 e. The quantitative estimate of drug-likeness (QED) is 0.718. The summed E-state index contributed by atoms with van der Waals surface area (Å²) >= 11 is 15.5. The fourth-order valence-corrected chi connectivity index (χ4v) is 4.07. The van der Waals surface area contributed by atoms with Crippen molar-refractivity contribution in [1.29, 1.82) is 0 Å². The minimum Gasteiger partial charge on any atom is -0.350 e. The van der Waals surface area contributed by atoms with Crippen molar-refractivity contribution in [2.45, 2.75) is 44.6 Å². The summed E-state index contributed by atoms with van der Waals surface area (Å²) in [6.07, 6.45) is 4.82. The Morgan fingerprint density at radius 3 is 2.81 bits per heavy atom. The van der Waals surface area contributed by atoms with E-state index in [2.05, 4.69) is 28.2 Å². The third-order valence-electron chi connectivity index (χ3n) is 4.10. The van der Waals surface area contributed by atoms with Crippen LogP contribution in [0.15, 0.2) is 18.2 Å². The predicted octanol–water partition coefficient (Wildman–Crippen LogP) is 5.00. The van der Waals surface area contributed by atoms with Crippen LogP contribution in [0.3, 0.4) is 0 Å². The molecule has 1 fully saturated rings. The highest BCUT2D eigenvalue weighted by Crippen LogP contribution is 2.33. The molecule has 0 saturated heterocycles. The van der Waals surface area contributed by atoms with E-state index in [1.54, 1.807) is 12.1 Å². The average molecular weight is 393 g/mol. The SMILES string of the molecule is CC1CCCC(CBr)(NC(=O)Cc2ccc(Cl)c(Cl)c2)C1. The monoisotopic (exact) mass is 391 g/mol. The highest BCUT2D eigenvalue weighted by molar-refractivity contribution is 9.09. The van der Waals surface area contributed by atoms with Crippen molar-refractivity contribution in [2.75, 3.05) is 5.33 Å². The van der Waals surface area contributed by atoms with E-state index in [0.29, 0.717) is 22.4 Å². The second kappa shape index (κ2) is 7.34. The molecule has 1 aromatic rings. The lowest BCUT2D eigenvalue weighted by molar-refractivity contribution is -0.122. The molecule has 0 radical (unpaired) electrons. The molecule has 2 atom stereocenters. The van der Waals surface area contributed by atoms with Crippen LogP contribution in [-0.2, 0) is 11.2 Å². The molecule has 0 aromatic heterocycles. The minimum atomic E-state index is -0.106. The van der Waals surface area contributed by atoms with Gasteiger partial charge in [-0.05, 0) is 36.5 Å². The molecule has 5 heteroatoms. The summed E-state index contributed by atoms with van der Waals surface area (Å²) in [6.45, 7) is 2.25. The Balaban J connectivity index is 2.01. The summed E-state index contributed by atoms with van der Waals surface area (Å²) in [4.78, 5) is 12.3. The fourth-order valence-electron chi connectivity index (χ4n) is 3.10. The standard InChI is InChI=1S/C16H20BrCl2NO/c1-11-3-2-6-16(9-11,10-17)20-15(21)8-12-4-5-13(18)14(19)7-12/h4-5,7,11H,2-3,6,8-10H2,1H3,(H,20,21). The first kappa shape index (κ1) is 17.1. The van der Waals surface area contributed by atoms with Crippen LogP contribution in [0.5, 0.6) is 0 Å². The summed E-state index contributed by atoms with van der Waals surface area (Å²) in [5, 5.41) is 5.04. The first-order chi connectivity index (χ1) is 9.94. The highest BCUT2D eigenvalue weighted by atomic mass is 79.9. The molecule has 1 aliphatic rings. The summed E-state index contributed by atoms with van der Waals surface area (Å²) in [6, 6.07) is 5.33. The van der Waals surface area contributed by atoms with Gasteiger partial charge in [0.25, 0.3) is 0 Å². The molecule has 2 unspecified atom stereocenters. The fraction of sp³-hybridized carbons (Fsp3) is 0.562. The summed E-state index contributed by atoms with van der Waals surface area (Å²) in [7, 11) is 0. The van der Waals surface area contributed by atoms with Crippen LogP contribution in [0.25, 0.3) is 0 Å². The normalized spacial score (nSPS) is 25.6. The van der Waals surface area contributed by atoms with Gasteiger partial charge in [-0.25, -0.2) is 0 Å². The molecule has 2 nitrogen and oxygen atoms in total. The van der Waals surface area contributed by atoms with Gasteiger partial charge < -0.3 is 5.32 Å². The van der Waals surface area contributed by atoms with E-state index in [4.69, 9.17) is 23.2 Å². The molecular formula is C16H20BrCl2NO. The molecule has 0 spiro atoms. The first-order valence-electron chi connectivity index (χ1n) is 7.25. The number of hydrogen-bond donors (Lipinski definition) is 1. The van der Waals surface area contributed by atoms with Crippen molar-refractivity contribution in [3.63, 3.8) is 0 Å². The Labute approximate surface area is 144 Å². The van der Waals surface area contributed by atoms with Gasteiger partial charge in [0.05, 0.1) is 16.5 Å². The van der Waals surface area contributed by atoms with Gasteiger partial charge in [0.2, 0.25) is 5.91 Å². The highest BCUT2D eigenvalue weighted by Gasteiger charge is 2.35. The number of benzene rings is 1. The van der Waals surface area contributed by atoms with Crippen molar-refractivity contribution in [3.8, 4) is 0 Å². The number of halogens is 3. The van der Waals surface area contributed by atoms with E-state index < -0.39 is 0 Å². The van der Waals surface area contributed by atoms with Crippen molar-refractivity contribution in [3.05, 3.63) is 33.8 Å². The number of nitrogens with one attached hydrogen (secondary N) is 1. The van der Waals surface area contributed by atoms with Crippen molar-refractivity contribution < 1.29 is 4.79 Å². The zero-order chi connectivity index (χ0) is 15.5. The number of hydrogen-bond acceptors (Lipinski definition) is 1. The molecule has 0 bridgehead atoms. The Morgan fingerprint density at radius 1 is 1.43 bits per heavy atom. The lowest BCUT2D eigenvalue weighted by atomic mass is 9.77. The van der Waals surface area contributed by atoms with Gasteiger partial charge in [-0.15, -0.1) is 0 Å². The average Bonchev–Trinajstić information content (AvgIpc) is 2.43. The number of carbonyl (C=O) groups is 1. The largest absolute Gasteiger partial charge is 0.350 e. The van der Waals surface area contributed by atoms with Gasteiger partial charge in [0, 0.05) is 10.9 Å². The van der Waals surface area contributed by atoms with Gasteiger partial charge >= 0.3 is 0 Å². The third-order valence-corrected chi connectivity index (χ3v) is 5.91. The maximum atomic E-state index is 12.3. The molecule has 1 amide bonds. The van der Waals surface area contributed by atoms with E-state index in [9.17, 15) is 4.79 Å². The van der Waals surface area contributed by atoms with Crippen LogP contribution in [-0.4, -0.2) is 16.8 Å². The van der Waals surface area contributed by atoms with E-state index in [1.165, 1.54) is 12.8 Å². The Hall–Kier alpha value is -0.250. The smallest absolute Gasteiger partial charge is 0.224 e. The van der Waals surface area contributed by atoms with Crippen molar-refractivity contribution >= 4 is 45.0 Å². The number of amides is 1. The second-order valence-electron chi connectivity index (χ2n) is 6.09. The van der Waals surface area contributed by atoms with Gasteiger partial charge in [-0.2, -0.15) is 0 Å². The number of alkyl halides is 1. The molecule has 1 saturated carbocycles. The van der Waals surface area contributed by atoms with Gasteiger partial charge in [-0.3, -0.25) is 4.79 Å². The Kier molecular flexibility index (Phi) is 5.98. The van der Waals surface area contributed by atoms with E-state index in [-0.39, 0.29) is 11.4 Å². The van der Waals surface area contributed by atoms with E-state index in [1.807, 2.05) is 6.07 Å². The molecule has 1 N–H and O–H groups in total.